The molecule has 0 amide bonds. The molecule has 0 radical (unpaired) electrons. The second-order valence-corrected chi connectivity index (χ2v) is 5.17. The highest BCUT2D eigenvalue weighted by Crippen LogP contribution is 2.23. The van der Waals surface area contributed by atoms with Crippen molar-refractivity contribution in [1.29, 1.82) is 5.26 Å². The van der Waals surface area contributed by atoms with Crippen LogP contribution in [0.4, 0.5) is 10.8 Å². The van der Waals surface area contributed by atoms with E-state index in [2.05, 4.69) is 25.8 Å². The molecule has 0 saturated carbocycles. The minimum Gasteiger partial charge on any atom is -0.366 e. The molecule has 2 aromatic heterocycles. The first-order chi connectivity index (χ1) is 9.38. The van der Waals surface area contributed by atoms with Crippen molar-refractivity contribution in [3.63, 3.8) is 0 Å². The molecule has 0 atom stereocenters. The van der Waals surface area contributed by atoms with E-state index in [1.807, 2.05) is 11.6 Å². The van der Waals surface area contributed by atoms with Crippen molar-refractivity contribution in [2.75, 3.05) is 36.0 Å². The highest BCUT2D eigenvalue weighted by molar-refractivity contribution is 7.13. The standard InChI is InChI=1S/C13H13N5S/c14-9-11-1-2-15-10-12(11)17-4-6-18(7-5-17)13-16-3-8-19-13/h1-3,8,10H,4-7H2. The summed E-state index contributed by atoms with van der Waals surface area (Å²) in [6, 6.07) is 3.99. The SMILES string of the molecule is N#Cc1ccncc1N1CCN(c2nccs2)CC1. The van der Waals surface area contributed by atoms with Crippen LogP contribution in [0, 0.1) is 11.3 Å². The Balaban J connectivity index is 1.72. The summed E-state index contributed by atoms with van der Waals surface area (Å²) in [6.07, 6.45) is 5.27. The molecule has 0 aromatic carbocycles. The predicted octanol–water partition coefficient (Wildman–Crippen LogP) is 1.74. The average molecular weight is 271 g/mol. The molecule has 0 aliphatic carbocycles. The molecular weight excluding hydrogens is 258 g/mol. The van der Waals surface area contributed by atoms with Crippen LogP contribution in [0.2, 0.25) is 0 Å². The summed E-state index contributed by atoms with van der Waals surface area (Å²) in [5.41, 5.74) is 1.63. The summed E-state index contributed by atoms with van der Waals surface area (Å²) < 4.78 is 0. The van der Waals surface area contributed by atoms with Crippen molar-refractivity contribution in [3.8, 4) is 6.07 Å². The molecule has 3 heterocycles. The molecular formula is C13H13N5S. The highest BCUT2D eigenvalue weighted by atomic mass is 32.1. The van der Waals surface area contributed by atoms with Gasteiger partial charge in [0.1, 0.15) is 6.07 Å². The Kier molecular flexibility index (Phi) is 3.29. The highest BCUT2D eigenvalue weighted by Gasteiger charge is 2.20. The van der Waals surface area contributed by atoms with E-state index in [1.165, 1.54) is 0 Å². The maximum Gasteiger partial charge on any atom is 0.185 e. The molecule has 0 unspecified atom stereocenters. The first-order valence-electron chi connectivity index (χ1n) is 6.12. The third-order valence-corrected chi connectivity index (χ3v) is 4.06. The lowest BCUT2D eigenvalue weighted by atomic mass is 10.2. The van der Waals surface area contributed by atoms with Crippen LogP contribution < -0.4 is 9.80 Å². The van der Waals surface area contributed by atoms with Crippen molar-refractivity contribution >= 4 is 22.2 Å². The molecule has 1 fully saturated rings. The summed E-state index contributed by atoms with van der Waals surface area (Å²) in [7, 11) is 0. The van der Waals surface area contributed by atoms with Gasteiger partial charge in [0.25, 0.3) is 0 Å². The fraction of sp³-hybridized carbons (Fsp3) is 0.308. The number of aromatic nitrogens is 2. The lowest BCUT2D eigenvalue weighted by molar-refractivity contribution is 0.651. The second kappa shape index (κ2) is 5.24. The molecule has 19 heavy (non-hydrogen) atoms. The van der Waals surface area contributed by atoms with Crippen molar-refractivity contribution in [3.05, 3.63) is 35.6 Å². The Bertz CT molecular complexity index is 581. The maximum atomic E-state index is 9.13. The van der Waals surface area contributed by atoms with Crippen molar-refractivity contribution < 1.29 is 0 Å². The molecule has 0 N–H and O–H groups in total. The van der Waals surface area contributed by atoms with Gasteiger partial charge in [-0.05, 0) is 6.07 Å². The molecule has 6 heteroatoms. The Morgan fingerprint density at radius 1 is 1.16 bits per heavy atom. The number of rotatable bonds is 2. The molecule has 1 aliphatic rings. The van der Waals surface area contributed by atoms with E-state index in [-0.39, 0.29) is 0 Å². The first-order valence-corrected chi connectivity index (χ1v) is 7.00. The molecule has 2 aromatic rings. The average Bonchev–Trinajstić information content (AvgIpc) is 3.02. The normalized spacial score (nSPS) is 15.3. The summed E-state index contributed by atoms with van der Waals surface area (Å²) >= 11 is 1.67. The monoisotopic (exact) mass is 271 g/mol. The molecule has 0 bridgehead atoms. The van der Waals surface area contributed by atoms with Gasteiger partial charge < -0.3 is 9.80 Å². The zero-order chi connectivity index (χ0) is 13.1. The Morgan fingerprint density at radius 3 is 2.63 bits per heavy atom. The van der Waals surface area contributed by atoms with Gasteiger partial charge in [-0.15, -0.1) is 11.3 Å². The fourth-order valence-electron chi connectivity index (χ4n) is 2.24. The van der Waals surface area contributed by atoms with Gasteiger partial charge in [-0.1, -0.05) is 0 Å². The van der Waals surface area contributed by atoms with E-state index in [9.17, 15) is 0 Å². The van der Waals surface area contributed by atoms with Gasteiger partial charge in [-0.25, -0.2) is 4.98 Å². The topological polar surface area (TPSA) is 56.1 Å². The number of hydrogen-bond acceptors (Lipinski definition) is 6. The third-order valence-electron chi connectivity index (χ3n) is 3.23. The lowest BCUT2D eigenvalue weighted by Gasteiger charge is -2.36. The minimum absolute atomic E-state index is 0.692. The van der Waals surface area contributed by atoms with Crippen LogP contribution in [0.1, 0.15) is 5.56 Å². The second-order valence-electron chi connectivity index (χ2n) is 4.29. The molecule has 0 spiro atoms. The summed E-state index contributed by atoms with van der Waals surface area (Å²) in [5.74, 6) is 0. The number of piperazine rings is 1. The Morgan fingerprint density at radius 2 is 1.95 bits per heavy atom. The van der Waals surface area contributed by atoms with Crippen molar-refractivity contribution in [2.24, 2.45) is 0 Å². The van der Waals surface area contributed by atoms with Crippen LogP contribution in [0.15, 0.2) is 30.0 Å². The fourth-order valence-corrected chi connectivity index (χ4v) is 2.94. The number of hydrogen-bond donors (Lipinski definition) is 0. The van der Waals surface area contributed by atoms with Crippen LogP contribution in [0.3, 0.4) is 0 Å². The van der Waals surface area contributed by atoms with Crippen LogP contribution in [0.5, 0.6) is 0 Å². The van der Waals surface area contributed by atoms with E-state index in [4.69, 9.17) is 5.26 Å². The number of nitrogens with zero attached hydrogens (tertiary/aromatic N) is 5. The van der Waals surface area contributed by atoms with Gasteiger partial charge in [0.15, 0.2) is 5.13 Å². The van der Waals surface area contributed by atoms with Crippen molar-refractivity contribution in [2.45, 2.75) is 0 Å². The lowest BCUT2D eigenvalue weighted by Crippen LogP contribution is -2.46. The van der Waals surface area contributed by atoms with Crippen LogP contribution in [0.25, 0.3) is 0 Å². The Hall–Kier alpha value is -2.13. The molecule has 5 nitrogen and oxygen atoms in total. The van der Waals surface area contributed by atoms with Gasteiger partial charge in [0.05, 0.1) is 17.4 Å². The van der Waals surface area contributed by atoms with Crippen LogP contribution >= 0.6 is 11.3 Å². The van der Waals surface area contributed by atoms with Gasteiger partial charge in [-0.3, -0.25) is 4.98 Å². The minimum atomic E-state index is 0.692. The van der Waals surface area contributed by atoms with Gasteiger partial charge in [0.2, 0.25) is 0 Å². The molecule has 1 saturated heterocycles. The van der Waals surface area contributed by atoms with E-state index < -0.39 is 0 Å². The first kappa shape index (κ1) is 11.9. The zero-order valence-corrected chi connectivity index (χ0v) is 11.2. The number of nitriles is 1. The maximum absolute atomic E-state index is 9.13. The summed E-state index contributed by atoms with van der Waals surface area (Å²) in [6.45, 7) is 3.63. The van der Waals surface area contributed by atoms with E-state index in [1.54, 1.807) is 29.8 Å². The number of thiazole rings is 1. The summed E-state index contributed by atoms with van der Waals surface area (Å²) in [5, 5.41) is 12.2. The Labute approximate surface area is 115 Å². The largest absolute Gasteiger partial charge is 0.366 e. The van der Waals surface area contributed by atoms with Crippen molar-refractivity contribution in [1.82, 2.24) is 9.97 Å². The van der Waals surface area contributed by atoms with E-state index >= 15 is 0 Å². The van der Waals surface area contributed by atoms with Gasteiger partial charge in [-0.2, -0.15) is 5.26 Å². The van der Waals surface area contributed by atoms with Crippen LogP contribution in [-0.4, -0.2) is 36.1 Å². The predicted molar refractivity (Wildman–Crippen MR) is 75.5 cm³/mol. The molecule has 96 valence electrons. The van der Waals surface area contributed by atoms with E-state index in [0.717, 1.165) is 37.0 Å². The number of pyridine rings is 1. The number of anilines is 2. The van der Waals surface area contributed by atoms with E-state index in [0.29, 0.717) is 5.56 Å². The molecule has 3 rings (SSSR count). The third kappa shape index (κ3) is 2.37. The van der Waals surface area contributed by atoms with Gasteiger partial charge >= 0.3 is 0 Å². The zero-order valence-electron chi connectivity index (χ0n) is 10.4. The summed E-state index contributed by atoms with van der Waals surface area (Å²) in [4.78, 5) is 13.0. The van der Waals surface area contributed by atoms with Gasteiger partial charge in [0, 0.05) is 44.0 Å². The quantitative estimate of drug-likeness (QED) is 0.832. The van der Waals surface area contributed by atoms with Crippen LogP contribution in [-0.2, 0) is 0 Å². The molecule has 1 aliphatic heterocycles. The smallest absolute Gasteiger partial charge is 0.185 e.